The summed E-state index contributed by atoms with van der Waals surface area (Å²) in [5, 5.41) is 3.61. The maximum atomic E-state index is 12.8. The van der Waals surface area contributed by atoms with Gasteiger partial charge in [-0.25, -0.2) is 4.98 Å². The third kappa shape index (κ3) is 3.42. The number of hydrogen-bond acceptors (Lipinski definition) is 4. The van der Waals surface area contributed by atoms with Crippen LogP contribution in [0.25, 0.3) is 10.2 Å². The molecular formula is C20H21N3O2S. The van der Waals surface area contributed by atoms with Gasteiger partial charge in [-0.15, -0.1) is 11.3 Å². The second kappa shape index (κ2) is 7.41. The molecule has 1 aliphatic rings. The van der Waals surface area contributed by atoms with Crippen LogP contribution in [0.15, 0.2) is 41.5 Å². The molecule has 0 saturated carbocycles. The lowest BCUT2D eigenvalue weighted by atomic mass is 9.97. The summed E-state index contributed by atoms with van der Waals surface area (Å²) in [7, 11) is 0. The fourth-order valence-corrected chi connectivity index (χ4v) is 4.71. The fourth-order valence-electron chi connectivity index (χ4n) is 3.50. The van der Waals surface area contributed by atoms with Crippen molar-refractivity contribution in [1.82, 2.24) is 14.9 Å². The average molecular weight is 367 g/mol. The van der Waals surface area contributed by atoms with Gasteiger partial charge in [0, 0.05) is 11.4 Å². The Bertz CT molecular complexity index is 991. The van der Waals surface area contributed by atoms with E-state index in [-0.39, 0.29) is 18.0 Å². The standard InChI is InChI=1S/C20H21N3O2S/c24-17(21-11-10-14-6-2-1-3-7-14)12-23-13-22-19-18(20(23)25)15-8-4-5-9-16(15)26-19/h1-3,6-7,13H,4-5,8-12H2,(H,21,24). The highest BCUT2D eigenvalue weighted by Gasteiger charge is 2.20. The minimum atomic E-state index is -0.159. The first-order valence-electron chi connectivity index (χ1n) is 9.02. The van der Waals surface area contributed by atoms with E-state index in [9.17, 15) is 9.59 Å². The van der Waals surface area contributed by atoms with Gasteiger partial charge < -0.3 is 5.32 Å². The van der Waals surface area contributed by atoms with E-state index in [1.165, 1.54) is 27.8 Å². The van der Waals surface area contributed by atoms with Crippen LogP contribution in [0.1, 0.15) is 28.8 Å². The van der Waals surface area contributed by atoms with Crippen LogP contribution < -0.4 is 10.9 Å². The zero-order chi connectivity index (χ0) is 17.9. The zero-order valence-electron chi connectivity index (χ0n) is 14.5. The minimum absolute atomic E-state index is 0.0151. The molecule has 0 radical (unpaired) electrons. The van der Waals surface area contributed by atoms with Crippen molar-refractivity contribution in [2.24, 2.45) is 0 Å². The van der Waals surface area contributed by atoms with E-state index in [2.05, 4.69) is 10.3 Å². The lowest BCUT2D eigenvalue weighted by molar-refractivity contribution is -0.121. The number of amides is 1. The Balaban J connectivity index is 1.46. The summed E-state index contributed by atoms with van der Waals surface area (Å²) >= 11 is 1.63. The van der Waals surface area contributed by atoms with Gasteiger partial charge in [0.15, 0.2) is 0 Å². The van der Waals surface area contributed by atoms with E-state index in [4.69, 9.17) is 0 Å². The van der Waals surface area contributed by atoms with Gasteiger partial charge in [0.25, 0.3) is 5.56 Å². The SMILES string of the molecule is O=C(Cn1cnc2sc3c(c2c1=O)CCCC3)NCCc1ccccc1. The largest absolute Gasteiger partial charge is 0.354 e. The number of carbonyl (C=O) groups is 1. The van der Waals surface area contributed by atoms with Crippen molar-refractivity contribution < 1.29 is 4.79 Å². The number of benzene rings is 1. The number of hydrogen-bond donors (Lipinski definition) is 1. The molecule has 0 unspecified atom stereocenters. The Hall–Kier alpha value is -2.47. The summed E-state index contributed by atoms with van der Waals surface area (Å²) < 4.78 is 1.43. The van der Waals surface area contributed by atoms with E-state index in [1.807, 2.05) is 30.3 Å². The van der Waals surface area contributed by atoms with Gasteiger partial charge in [-0.2, -0.15) is 0 Å². The Kier molecular flexibility index (Phi) is 4.84. The number of aromatic nitrogens is 2. The van der Waals surface area contributed by atoms with Crippen molar-refractivity contribution >= 4 is 27.5 Å². The molecule has 1 aliphatic carbocycles. The molecule has 1 N–H and O–H groups in total. The molecule has 2 aromatic heterocycles. The molecule has 0 atom stereocenters. The molecule has 4 rings (SSSR count). The summed E-state index contributed by atoms with van der Waals surface area (Å²) in [6.07, 6.45) is 6.56. The highest BCUT2D eigenvalue weighted by molar-refractivity contribution is 7.18. The fraction of sp³-hybridized carbons (Fsp3) is 0.350. The second-order valence-corrected chi connectivity index (χ2v) is 7.74. The molecule has 0 saturated heterocycles. The van der Waals surface area contributed by atoms with Crippen molar-refractivity contribution in [2.45, 2.75) is 38.6 Å². The van der Waals surface area contributed by atoms with Crippen LogP contribution in [0, 0.1) is 0 Å². The number of nitrogens with zero attached hydrogens (tertiary/aromatic N) is 2. The predicted molar refractivity (Wildman–Crippen MR) is 104 cm³/mol. The van der Waals surface area contributed by atoms with E-state index in [0.29, 0.717) is 6.54 Å². The monoisotopic (exact) mass is 367 g/mol. The summed E-state index contributed by atoms with van der Waals surface area (Å²) in [6.45, 7) is 0.572. The van der Waals surface area contributed by atoms with Gasteiger partial charge in [-0.1, -0.05) is 30.3 Å². The lowest BCUT2D eigenvalue weighted by Gasteiger charge is -2.10. The number of nitrogens with one attached hydrogen (secondary N) is 1. The lowest BCUT2D eigenvalue weighted by Crippen LogP contribution is -2.33. The van der Waals surface area contributed by atoms with Crippen LogP contribution in [-0.4, -0.2) is 22.0 Å². The number of rotatable bonds is 5. The molecule has 26 heavy (non-hydrogen) atoms. The third-order valence-corrected chi connectivity index (χ3v) is 6.03. The molecule has 0 spiro atoms. The molecule has 1 aromatic carbocycles. The summed E-state index contributed by atoms with van der Waals surface area (Å²) in [5.41, 5.74) is 2.25. The average Bonchev–Trinajstić information content (AvgIpc) is 3.04. The van der Waals surface area contributed by atoms with Crippen LogP contribution in [0.5, 0.6) is 0 Å². The first kappa shape index (κ1) is 17.0. The van der Waals surface area contributed by atoms with Gasteiger partial charge in [0.1, 0.15) is 11.4 Å². The maximum Gasteiger partial charge on any atom is 0.262 e. The number of thiophene rings is 1. The van der Waals surface area contributed by atoms with Crippen LogP contribution in [0.2, 0.25) is 0 Å². The zero-order valence-corrected chi connectivity index (χ0v) is 15.3. The first-order valence-corrected chi connectivity index (χ1v) is 9.84. The van der Waals surface area contributed by atoms with Crippen LogP contribution in [-0.2, 0) is 30.6 Å². The second-order valence-electron chi connectivity index (χ2n) is 6.65. The van der Waals surface area contributed by atoms with Crippen molar-refractivity contribution in [3.05, 3.63) is 63.0 Å². The number of aryl methyl sites for hydroxylation is 2. The Labute approximate surface area is 155 Å². The van der Waals surface area contributed by atoms with Gasteiger partial charge >= 0.3 is 0 Å². The van der Waals surface area contributed by atoms with Crippen molar-refractivity contribution in [2.75, 3.05) is 6.54 Å². The van der Waals surface area contributed by atoms with E-state index in [0.717, 1.165) is 41.5 Å². The minimum Gasteiger partial charge on any atom is -0.354 e. The normalized spacial score (nSPS) is 13.5. The molecule has 5 nitrogen and oxygen atoms in total. The summed E-state index contributed by atoms with van der Waals surface area (Å²) in [5.74, 6) is -0.159. The Morgan fingerprint density at radius 2 is 2.00 bits per heavy atom. The third-order valence-electron chi connectivity index (χ3n) is 4.83. The summed E-state index contributed by atoms with van der Waals surface area (Å²) in [4.78, 5) is 31.6. The van der Waals surface area contributed by atoms with Gasteiger partial charge in [0.2, 0.25) is 5.91 Å². The summed E-state index contributed by atoms with van der Waals surface area (Å²) in [6, 6.07) is 10.0. The molecule has 0 bridgehead atoms. The van der Waals surface area contributed by atoms with Crippen LogP contribution in [0.4, 0.5) is 0 Å². The molecule has 1 amide bonds. The van der Waals surface area contributed by atoms with Gasteiger partial charge in [-0.3, -0.25) is 14.2 Å². The van der Waals surface area contributed by atoms with Crippen molar-refractivity contribution in [3.8, 4) is 0 Å². The number of carbonyl (C=O) groups excluding carboxylic acids is 1. The molecule has 134 valence electrons. The quantitative estimate of drug-likeness (QED) is 0.754. The molecule has 3 aromatic rings. The van der Waals surface area contributed by atoms with E-state index >= 15 is 0 Å². The Morgan fingerprint density at radius 3 is 2.85 bits per heavy atom. The molecular weight excluding hydrogens is 346 g/mol. The molecule has 0 aliphatic heterocycles. The smallest absolute Gasteiger partial charge is 0.262 e. The van der Waals surface area contributed by atoms with Gasteiger partial charge in [0.05, 0.1) is 11.7 Å². The van der Waals surface area contributed by atoms with Crippen LogP contribution >= 0.6 is 11.3 Å². The topological polar surface area (TPSA) is 64.0 Å². The van der Waals surface area contributed by atoms with E-state index < -0.39 is 0 Å². The molecule has 0 fully saturated rings. The van der Waals surface area contributed by atoms with Crippen molar-refractivity contribution in [1.29, 1.82) is 0 Å². The molecule has 2 heterocycles. The highest BCUT2D eigenvalue weighted by Crippen LogP contribution is 2.33. The maximum absolute atomic E-state index is 12.8. The highest BCUT2D eigenvalue weighted by atomic mass is 32.1. The Morgan fingerprint density at radius 1 is 1.19 bits per heavy atom. The number of fused-ring (bicyclic) bond motifs is 3. The molecule has 6 heteroatoms. The van der Waals surface area contributed by atoms with E-state index in [1.54, 1.807) is 11.3 Å². The van der Waals surface area contributed by atoms with Gasteiger partial charge in [-0.05, 0) is 43.2 Å². The van der Waals surface area contributed by atoms with Crippen LogP contribution in [0.3, 0.4) is 0 Å². The van der Waals surface area contributed by atoms with Crippen molar-refractivity contribution in [3.63, 3.8) is 0 Å². The first-order chi connectivity index (χ1) is 12.7. The predicted octanol–water partition coefficient (Wildman–Crippen LogP) is 2.70.